The topological polar surface area (TPSA) is 259 Å². The maximum atomic E-state index is 12.9. The standard InChI is InChI=1S/C32H41ClN4O5S.C17H27NO3S.C15H16ClN3O3/c1-31(2)15-13-23(22-31)6-4-5-20-41-24-7-9-25(10-8-24)43(39,40)36-30(38)26-11-12-27(34-29(26)33)37-19-14-28(35-37)42-21-18-32(3)16-17-32;1-17(2)11-10-14(13-17)5-3-4-12-21-15-6-8-16(9-7-15)22(18,19)20;1-15(5-6-15)7-9-22-12-4-8-19(18-12)11-3-2-10(14(20)21)13(16)17-11/h7-12,14,19,23H,4-6,13,15-18,20-22H2,1-3H3,(H,36,38);6-9,14H,3-5,10-13H2,1-2H3,(H2,18,19,20);2-4,8H,5-7,9H2,1H3,(H,20,21). The third-order valence-corrected chi connectivity index (χ3v) is 19.9. The smallest absolute Gasteiger partial charge is 0.338 e. The van der Waals surface area contributed by atoms with Crippen LogP contribution in [0.5, 0.6) is 23.3 Å². The van der Waals surface area contributed by atoms with Gasteiger partial charge in [0.05, 0.1) is 47.3 Å². The van der Waals surface area contributed by atoms with E-state index < -0.39 is 31.9 Å². The van der Waals surface area contributed by atoms with Crippen LogP contribution in [-0.4, -0.2) is 89.8 Å². The molecular weight excluding hydrogens is 1190 g/mol. The molecule has 2 aromatic carbocycles. The van der Waals surface area contributed by atoms with Gasteiger partial charge in [-0.05, 0) is 209 Å². The Morgan fingerprint density at radius 2 is 1.00 bits per heavy atom. The van der Waals surface area contributed by atoms with E-state index in [1.54, 1.807) is 54.9 Å². The molecule has 4 N–H and O–H groups in total. The molecule has 4 aliphatic carbocycles. The van der Waals surface area contributed by atoms with Crippen LogP contribution in [0.1, 0.15) is 178 Å². The number of hydrogen-bond donors (Lipinski definition) is 3. The van der Waals surface area contributed by atoms with Gasteiger partial charge in [0.25, 0.3) is 15.9 Å². The molecule has 19 nitrogen and oxygen atoms in total. The summed E-state index contributed by atoms with van der Waals surface area (Å²) in [5.41, 5.74) is 1.75. The van der Waals surface area contributed by atoms with Crippen molar-refractivity contribution < 1.29 is 50.5 Å². The highest BCUT2D eigenvalue weighted by atomic mass is 35.5. The van der Waals surface area contributed by atoms with Crippen LogP contribution in [0.4, 0.5) is 0 Å². The summed E-state index contributed by atoms with van der Waals surface area (Å²) < 4.78 is 76.0. The van der Waals surface area contributed by atoms with Gasteiger partial charge in [0, 0.05) is 24.5 Å². The molecule has 10 rings (SSSR count). The van der Waals surface area contributed by atoms with E-state index in [2.05, 4.69) is 66.4 Å². The molecule has 6 aromatic rings. The van der Waals surface area contributed by atoms with Crippen molar-refractivity contribution in [3.63, 3.8) is 0 Å². The number of amides is 1. The van der Waals surface area contributed by atoms with Gasteiger partial charge in [0.15, 0.2) is 11.6 Å². The molecular formula is C64H84Cl2N8O11S2. The van der Waals surface area contributed by atoms with E-state index in [0.29, 0.717) is 83.0 Å². The first kappa shape index (κ1) is 66.7. The molecule has 0 radical (unpaired) electrons. The summed E-state index contributed by atoms with van der Waals surface area (Å²) in [6.07, 6.45) is 25.2. The number of unbranched alkanes of at least 4 members (excludes halogenated alkanes) is 2. The first-order chi connectivity index (χ1) is 41.1. The Morgan fingerprint density at radius 1 is 0.575 bits per heavy atom. The number of rotatable bonds is 27. The Balaban J connectivity index is 0.000000187. The largest absolute Gasteiger partial charge is 0.494 e. The van der Waals surface area contributed by atoms with Crippen LogP contribution in [0.25, 0.3) is 11.6 Å². The third kappa shape index (κ3) is 20.7. The number of carbonyl (C=O) groups excluding carboxylic acids is 1. The highest BCUT2D eigenvalue weighted by molar-refractivity contribution is 7.90. The van der Waals surface area contributed by atoms with Crippen LogP contribution in [0, 0.1) is 33.5 Å². The van der Waals surface area contributed by atoms with Gasteiger partial charge in [-0.3, -0.25) is 4.79 Å². The fourth-order valence-corrected chi connectivity index (χ4v) is 12.9. The molecule has 23 heteroatoms. The normalized spacial score (nSPS) is 18.5. The second-order valence-corrected chi connectivity index (χ2v) is 30.0. The molecule has 0 aliphatic heterocycles. The highest BCUT2D eigenvalue weighted by Crippen LogP contribution is 2.49. The molecule has 4 fully saturated rings. The Morgan fingerprint density at radius 3 is 1.38 bits per heavy atom. The second-order valence-electron chi connectivity index (χ2n) is 26.0. The number of halogens is 2. The van der Waals surface area contributed by atoms with E-state index in [4.69, 9.17) is 52.4 Å². The van der Waals surface area contributed by atoms with Crippen molar-refractivity contribution in [1.29, 1.82) is 0 Å². The van der Waals surface area contributed by atoms with E-state index in [9.17, 15) is 26.4 Å². The lowest BCUT2D eigenvalue weighted by Crippen LogP contribution is -2.31. The molecule has 0 saturated heterocycles. The molecule has 4 aromatic heterocycles. The molecule has 4 saturated carbocycles. The van der Waals surface area contributed by atoms with Crippen LogP contribution in [0.2, 0.25) is 10.3 Å². The minimum atomic E-state index is -4.14. The molecule has 4 heterocycles. The van der Waals surface area contributed by atoms with Crippen LogP contribution in [0.15, 0.2) is 107 Å². The van der Waals surface area contributed by atoms with E-state index in [1.165, 1.54) is 135 Å². The number of nitrogens with two attached hydrogens (primary N) is 1. The SMILES string of the molecule is CC1(C)CCC(CCCCOc2ccc(S(=O)(=O)NC(=O)c3ccc(-n4ccc(OCCC5(C)CC5)n4)nc3Cl)cc2)C1.CC1(C)CCC(CCCCOc2ccc(S(N)(=O)=O)cc2)C1.CC1(CCOc2ccn(-c3ccc(C(=O)O)c(Cl)n3)n2)CC1. The molecule has 0 bridgehead atoms. The van der Waals surface area contributed by atoms with Crippen LogP contribution >= 0.6 is 23.2 Å². The van der Waals surface area contributed by atoms with Crippen molar-refractivity contribution in [1.82, 2.24) is 34.3 Å². The lowest BCUT2D eigenvalue weighted by molar-refractivity contribution is 0.0696. The van der Waals surface area contributed by atoms with Gasteiger partial charge >= 0.3 is 5.97 Å². The minimum absolute atomic E-state index is 0.0354. The average molecular weight is 1280 g/mol. The summed E-state index contributed by atoms with van der Waals surface area (Å²) >= 11 is 12.1. The van der Waals surface area contributed by atoms with Crippen molar-refractivity contribution in [3.8, 4) is 34.9 Å². The lowest BCUT2D eigenvalue weighted by atomic mass is 9.89. The maximum Gasteiger partial charge on any atom is 0.338 e. The van der Waals surface area contributed by atoms with Gasteiger partial charge in [-0.25, -0.2) is 50.8 Å². The van der Waals surface area contributed by atoms with Crippen molar-refractivity contribution in [2.45, 2.75) is 167 Å². The summed E-state index contributed by atoms with van der Waals surface area (Å²) in [7, 11) is -7.76. The van der Waals surface area contributed by atoms with Gasteiger partial charge in [-0.15, -0.1) is 10.2 Å². The van der Waals surface area contributed by atoms with Crippen molar-refractivity contribution >= 4 is 55.1 Å². The number of aromatic carboxylic acids is 1. The van der Waals surface area contributed by atoms with Crippen LogP contribution in [0.3, 0.4) is 0 Å². The quantitative estimate of drug-likeness (QED) is 0.0320. The summed E-state index contributed by atoms with van der Waals surface area (Å²) in [4.78, 5) is 32.1. The zero-order valence-corrected chi connectivity index (χ0v) is 54.0. The van der Waals surface area contributed by atoms with E-state index in [0.717, 1.165) is 43.9 Å². The summed E-state index contributed by atoms with van der Waals surface area (Å²) in [6, 6.07) is 21.7. The first-order valence-corrected chi connectivity index (χ1v) is 33.9. The average Bonchev–Trinajstić information content (AvgIpc) is 3.31. The van der Waals surface area contributed by atoms with Crippen molar-refractivity contribution in [3.05, 3.63) is 119 Å². The van der Waals surface area contributed by atoms with E-state index >= 15 is 0 Å². The van der Waals surface area contributed by atoms with Gasteiger partial charge in [0.1, 0.15) is 21.8 Å². The monoisotopic (exact) mass is 1270 g/mol. The molecule has 0 spiro atoms. The fourth-order valence-electron chi connectivity index (χ4n) is 11.0. The second kappa shape index (κ2) is 28.9. The first-order valence-electron chi connectivity index (χ1n) is 30.1. The number of primary sulfonamides is 1. The number of benzene rings is 2. The number of pyridine rings is 2. The number of hydrogen-bond acceptors (Lipinski definition) is 14. The number of aromatic nitrogens is 6. The number of ether oxygens (including phenoxy) is 4. The number of nitrogens with zero attached hydrogens (tertiary/aromatic N) is 6. The van der Waals surface area contributed by atoms with Crippen LogP contribution in [-0.2, 0) is 20.0 Å². The number of nitrogens with one attached hydrogen (secondary N) is 1. The molecule has 2 atom stereocenters. The van der Waals surface area contributed by atoms with Crippen molar-refractivity contribution in [2.75, 3.05) is 26.4 Å². The summed E-state index contributed by atoms with van der Waals surface area (Å²) in [5, 5.41) is 22.4. The van der Waals surface area contributed by atoms with Gasteiger partial charge in [-0.1, -0.05) is 77.6 Å². The maximum absolute atomic E-state index is 12.9. The highest BCUT2D eigenvalue weighted by Gasteiger charge is 2.38. The minimum Gasteiger partial charge on any atom is -0.494 e. The molecule has 4 aliphatic rings. The molecule has 2 unspecified atom stereocenters. The zero-order valence-electron chi connectivity index (χ0n) is 50.8. The van der Waals surface area contributed by atoms with Gasteiger partial charge < -0.3 is 24.1 Å². The molecule has 87 heavy (non-hydrogen) atoms. The molecule has 1 amide bonds. The van der Waals surface area contributed by atoms with Crippen molar-refractivity contribution in [2.24, 2.45) is 38.6 Å². The predicted octanol–water partition coefficient (Wildman–Crippen LogP) is 13.9. The predicted molar refractivity (Wildman–Crippen MR) is 334 cm³/mol. The van der Waals surface area contributed by atoms with Gasteiger partial charge in [0.2, 0.25) is 21.8 Å². The Kier molecular flexibility index (Phi) is 22.2. The third-order valence-electron chi connectivity index (χ3n) is 17.1. The number of carbonyl (C=O) groups is 2. The fraction of sp³-hybridized carbons (Fsp3) is 0.531. The van der Waals surface area contributed by atoms with E-state index in [-0.39, 0.29) is 31.2 Å². The number of carboxylic acids is 1. The lowest BCUT2D eigenvalue weighted by Gasteiger charge is -2.17. The van der Waals surface area contributed by atoms with Gasteiger partial charge in [-0.2, -0.15) is 0 Å². The van der Waals surface area contributed by atoms with E-state index in [1.807, 2.05) is 0 Å². The van der Waals surface area contributed by atoms with Crippen LogP contribution < -0.4 is 28.8 Å². The zero-order chi connectivity index (χ0) is 62.6. The number of carboxylic acid groups (broad SMARTS) is 1. The molecule has 472 valence electrons. The Hall–Kier alpha value is -6.26. The Bertz CT molecular complexity index is 3510. The summed E-state index contributed by atoms with van der Waals surface area (Å²) in [5.74, 6) is 2.77. The number of sulfonamides is 2. The Labute approximate surface area is 522 Å². The summed E-state index contributed by atoms with van der Waals surface area (Å²) in [6.45, 7) is 16.4.